The quantitative estimate of drug-likeness (QED) is 0.897. The third-order valence-corrected chi connectivity index (χ3v) is 2.75. The molecule has 0 spiro atoms. The number of para-hydroxylation sites is 1. The second-order valence-corrected chi connectivity index (χ2v) is 4.02. The second kappa shape index (κ2) is 5.41. The van der Waals surface area contributed by atoms with Gasteiger partial charge in [0, 0.05) is 6.50 Å². The van der Waals surface area contributed by atoms with Crippen LogP contribution in [0.25, 0.3) is 0 Å². The summed E-state index contributed by atoms with van der Waals surface area (Å²) in [6.07, 6.45) is 2.34. The minimum atomic E-state index is -2.26. The van der Waals surface area contributed by atoms with Crippen molar-refractivity contribution < 1.29 is 10.2 Å². The van der Waals surface area contributed by atoms with Crippen LogP contribution in [-0.2, 0) is 0 Å². The van der Waals surface area contributed by atoms with Gasteiger partial charge >= 0.3 is 0 Å². The van der Waals surface area contributed by atoms with Crippen LogP contribution in [0.2, 0.25) is 0 Å². The van der Waals surface area contributed by atoms with Crippen molar-refractivity contribution in [3.8, 4) is 5.75 Å². The van der Waals surface area contributed by atoms with E-state index in [2.05, 4.69) is 10.3 Å². The van der Waals surface area contributed by atoms with Crippen molar-refractivity contribution >= 4 is 18.2 Å². The topological polar surface area (TPSA) is 33.6 Å². The van der Waals surface area contributed by atoms with Gasteiger partial charge in [-0.15, -0.1) is 12.4 Å². The summed E-state index contributed by atoms with van der Waals surface area (Å²) in [5.41, 5.74) is 1.16. The van der Waals surface area contributed by atoms with E-state index in [1.54, 1.807) is 0 Å². The number of aliphatic imine (C=N–C) groups is 1. The Labute approximate surface area is 113 Å². The van der Waals surface area contributed by atoms with Crippen LogP contribution in [0.1, 0.15) is 29.8 Å². The summed E-state index contributed by atoms with van der Waals surface area (Å²) in [5.74, 6) is 1.53. The fourth-order valence-corrected chi connectivity index (χ4v) is 1.78. The van der Waals surface area contributed by atoms with Crippen molar-refractivity contribution in [3.63, 3.8) is 0 Å². The van der Waals surface area contributed by atoms with Crippen molar-refractivity contribution in [1.82, 2.24) is 5.32 Å². The highest BCUT2D eigenvalue weighted by molar-refractivity contribution is 5.85. The molecule has 0 atom stereocenters. The minimum Gasteiger partial charge on any atom is -0.485 e. The molecule has 0 saturated heterocycles. The SMILES string of the molecule is Cl.[2H]C1([2H])N=C(COc2ccccc2C2CC2)NC1([2H])[2H]. The number of nitrogens with zero attached hydrogens (tertiary/aromatic N) is 1. The van der Waals surface area contributed by atoms with Crippen molar-refractivity contribution in [3.05, 3.63) is 29.8 Å². The van der Waals surface area contributed by atoms with Crippen LogP contribution in [0, 0.1) is 0 Å². The molecule has 2 aliphatic rings. The second-order valence-electron chi connectivity index (χ2n) is 4.02. The van der Waals surface area contributed by atoms with Crippen molar-refractivity contribution in [1.29, 1.82) is 0 Å². The fourth-order valence-electron chi connectivity index (χ4n) is 1.78. The van der Waals surface area contributed by atoms with Crippen LogP contribution in [0.3, 0.4) is 0 Å². The van der Waals surface area contributed by atoms with E-state index in [0.717, 1.165) is 11.3 Å². The first-order valence-corrected chi connectivity index (χ1v) is 5.48. The number of hydrogen-bond donors (Lipinski definition) is 1. The maximum absolute atomic E-state index is 7.53. The zero-order chi connectivity index (χ0) is 14.4. The van der Waals surface area contributed by atoms with Gasteiger partial charge in [0.05, 0.1) is 12.0 Å². The average molecular weight is 257 g/mol. The number of ether oxygens (including phenoxy) is 1. The Morgan fingerprint density at radius 3 is 2.94 bits per heavy atom. The third-order valence-electron chi connectivity index (χ3n) is 2.75. The standard InChI is InChI=1S/C13H16N2O.ClH/c1-2-4-12(11(3-1)10-5-6-10)16-9-13-14-7-8-15-13;/h1-4,10H,5-9H2,(H,14,15);1H/i7D2,8D2;. The lowest BCUT2D eigenvalue weighted by Crippen LogP contribution is -2.25. The highest BCUT2D eigenvalue weighted by Crippen LogP contribution is 2.44. The number of benzene rings is 1. The number of hydrogen-bond acceptors (Lipinski definition) is 3. The normalized spacial score (nSPS) is 27.4. The number of halogens is 1. The summed E-state index contributed by atoms with van der Waals surface area (Å²) >= 11 is 0. The van der Waals surface area contributed by atoms with Gasteiger partial charge in [0.2, 0.25) is 0 Å². The molecule has 1 aliphatic carbocycles. The zero-order valence-electron chi connectivity index (χ0n) is 13.3. The summed E-state index contributed by atoms with van der Waals surface area (Å²) < 4.78 is 35.8. The van der Waals surface area contributed by atoms with Crippen molar-refractivity contribution in [2.45, 2.75) is 18.8 Å². The first kappa shape index (κ1) is 7.98. The maximum atomic E-state index is 7.53. The van der Waals surface area contributed by atoms with Crippen LogP contribution in [-0.4, -0.2) is 25.4 Å². The Kier molecular flexibility index (Phi) is 2.54. The summed E-state index contributed by atoms with van der Waals surface area (Å²) in [7, 11) is 0. The molecule has 3 nitrogen and oxygen atoms in total. The molecule has 4 heteroatoms. The molecular formula is C13H17ClN2O. The molecule has 92 valence electrons. The van der Waals surface area contributed by atoms with Crippen LogP contribution in [0.15, 0.2) is 29.3 Å². The largest absolute Gasteiger partial charge is 0.485 e. The van der Waals surface area contributed by atoms with Crippen LogP contribution < -0.4 is 10.1 Å². The predicted molar refractivity (Wildman–Crippen MR) is 71.5 cm³/mol. The summed E-state index contributed by atoms with van der Waals surface area (Å²) in [5, 5.41) is 2.44. The van der Waals surface area contributed by atoms with E-state index in [9.17, 15) is 0 Å². The van der Waals surface area contributed by atoms with E-state index >= 15 is 0 Å². The Bertz CT molecular complexity index is 561. The van der Waals surface area contributed by atoms with E-state index < -0.39 is 13.0 Å². The Morgan fingerprint density at radius 1 is 1.41 bits per heavy atom. The molecule has 3 rings (SSSR count). The van der Waals surface area contributed by atoms with Crippen LogP contribution >= 0.6 is 12.4 Å². The Morgan fingerprint density at radius 2 is 2.24 bits per heavy atom. The summed E-state index contributed by atoms with van der Waals surface area (Å²) in [6, 6.07) is 7.79. The molecule has 1 heterocycles. The molecule has 1 N–H and O–H groups in total. The molecular weight excluding hydrogens is 236 g/mol. The zero-order valence-corrected chi connectivity index (χ0v) is 10.1. The van der Waals surface area contributed by atoms with Crippen molar-refractivity contribution in [2.75, 3.05) is 19.6 Å². The Balaban J connectivity index is 0.00000161. The third kappa shape index (κ3) is 2.91. The van der Waals surface area contributed by atoms with E-state index in [4.69, 9.17) is 10.2 Å². The lowest BCUT2D eigenvalue weighted by atomic mass is 10.1. The molecule has 0 unspecified atom stereocenters. The summed E-state index contributed by atoms with van der Waals surface area (Å²) in [6.45, 7) is -4.41. The highest BCUT2D eigenvalue weighted by atomic mass is 35.5. The molecule has 0 bridgehead atoms. The smallest absolute Gasteiger partial charge is 0.145 e. The van der Waals surface area contributed by atoms with E-state index in [-0.39, 0.29) is 24.8 Å². The molecule has 1 aliphatic heterocycles. The first-order valence-electron chi connectivity index (χ1n) is 7.48. The lowest BCUT2D eigenvalue weighted by molar-refractivity contribution is 0.369. The fraction of sp³-hybridized carbons (Fsp3) is 0.462. The minimum absolute atomic E-state index is 0. The van der Waals surface area contributed by atoms with Gasteiger partial charge in [0.1, 0.15) is 18.2 Å². The molecule has 0 amide bonds. The number of nitrogens with one attached hydrogen (secondary N) is 1. The molecule has 1 fully saturated rings. The van der Waals surface area contributed by atoms with Gasteiger partial charge in [-0.1, -0.05) is 18.2 Å². The molecule has 1 aromatic rings. The molecule has 1 aromatic carbocycles. The van der Waals surface area contributed by atoms with Gasteiger partial charge in [0.25, 0.3) is 0 Å². The van der Waals surface area contributed by atoms with Crippen LogP contribution in [0.4, 0.5) is 0 Å². The van der Waals surface area contributed by atoms with E-state index in [1.165, 1.54) is 12.8 Å². The average Bonchev–Trinajstić information content (AvgIpc) is 3.16. The number of rotatable bonds is 4. The van der Waals surface area contributed by atoms with Gasteiger partial charge in [-0.25, -0.2) is 0 Å². The maximum Gasteiger partial charge on any atom is 0.145 e. The van der Waals surface area contributed by atoms with Gasteiger partial charge in [-0.05, 0) is 30.4 Å². The Hall–Kier alpha value is -1.22. The van der Waals surface area contributed by atoms with Gasteiger partial charge in [-0.3, -0.25) is 4.99 Å². The van der Waals surface area contributed by atoms with E-state index in [1.807, 2.05) is 24.3 Å². The first-order chi connectivity index (χ1) is 9.39. The summed E-state index contributed by atoms with van der Waals surface area (Å²) in [4.78, 5) is 3.72. The molecule has 17 heavy (non-hydrogen) atoms. The molecule has 0 aromatic heterocycles. The van der Waals surface area contributed by atoms with Gasteiger partial charge < -0.3 is 10.1 Å². The van der Waals surface area contributed by atoms with Crippen LogP contribution in [0.5, 0.6) is 5.75 Å². The highest BCUT2D eigenvalue weighted by Gasteiger charge is 2.26. The van der Waals surface area contributed by atoms with Gasteiger partial charge in [-0.2, -0.15) is 0 Å². The predicted octanol–water partition coefficient (Wildman–Crippen LogP) is 2.37. The molecule has 1 saturated carbocycles. The monoisotopic (exact) mass is 256 g/mol. The van der Waals surface area contributed by atoms with Gasteiger partial charge in [0.15, 0.2) is 0 Å². The molecule has 0 radical (unpaired) electrons. The van der Waals surface area contributed by atoms with Crippen molar-refractivity contribution in [2.24, 2.45) is 4.99 Å². The lowest BCUT2D eigenvalue weighted by Gasteiger charge is -2.10. The number of amidine groups is 1. The van der Waals surface area contributed by atoms with E-state index in [0.29, 0.717) is 5.92 Å².